The normalized spacial score (nSPS) is 19.8. The third-order valence-corrected chi connectivity index (χ3v) is 3.73. The lowest BCUT2D eigenvalue weighted by molar-refractivity contribution is 0.0347. The van der Waals surface area contributed by atoms with Gasteiger partial charge in [0.1, 0.15) is 0 Å². The molecule has 1 N–H and O–H groups in total. The van der Waals surface area contributed by atoms with Crippen molar-refractivity contribution in [1.29, 1.82) is 0 Å². The first-order valence-electron chi connectivity index (χ1n) is 5.80. The lowest BCUT2D eigenvalue weighted by atomic mass is 9.65. The van der Waals surface area contributed by atoms with Crippen molar-refractivity contribution < 1.29 is 19.4 Å². The van der Waals surface area contributed by atoms with Gasteiger partial charge in [-0.1, -0.05) is 6.42 Å². The predicted molar refractivity (Wildman–Crippen MR) is 60.3 cm³/mol. The molecule has 0 unspecified atom stereocenters. The quantitative estimate of drug-likeness (QED) is 0.810. The molecule has 4 heteroatoms. The van der Waals surface area contributed by atoms with Gasteiger partial charge in [0, 0.05) is 5.56 Å². The zero-order valence-electron chi connectivity index (χ0n) is 9.44. The number of hydrogen-bond acceptors (Lipinski definition) is 4. The molecule has 0 amide bonds. The maximum Gasteiger partial charge on any atom is 0.231 e. The van der Waals surface area contributed by atoms with Gasteiger partial charge in [0.2, 0.25) is 6.79 Å². The topological polar surface area (TPSA) is 55.8 Å². The van der Waals surface area contributed by atoms with Gasteiger partial charge in [-0.05, 0) is 31.0 Å². The average Bonchev–Trinajstić information content (AvgIpc) is 2.74. The highest BCUT2D eigenvalue weighted by Gasteiger charge is 2.43. The predicted octanol–water partition coefficient (Wildman–Crippen LogP) is 1.76. The van der Waals surface area contributed by atoms with Crippen LogP contribution in [0.3, 0.4) is 0 Å². The minimum atomic E-state index is -0.548. The monoisotopic (exact) mass is 234 g/mol. The second kappa shape index (κ2) is 3.74. The van der Waals surface area contributed by atoms with Gasteiger partial charge >= 0.3 is 0 Å². The molecule has 1 aromatic carbocycles. The van der Waals surface area contributed by atoms with E-state index in [0.29, 0.717) is 17.1 Å². The number of rotatable bonds is 3. The Morgan fingerprint density at radius 1 is 1.29 bits per heavy atom. The molecule has 0 saturated heterocycles. The van der Waals surface area contributed by atoms with Crippen LogP contribution in [-0.4, -0.2) is 24.3 Å². The first-order valence-corrected chi connectivity index (χ1v) is 5.80. The molecule has 1 saturated carbocycles. The third kappa shape index (κ3) is 1.52. The van der Waals surface area contributed by atoms with Crippen molar-refractivity contribution in [1.82, 2.24) is 0 Å². The summed E-state index contributed by atoms with van der Waals surface area (Å²) in [6.07, 6.45) is 2.56. The van der Waals surface area contributed by atoms with Gasteiger partial charge in [0.15, 0.2) is 17.3 Å². The molecule has 1 heterocycles. The zero-order chi connectivity index (χ0) is 11.9. The van der Waals surface area contributed by atoms with Crippen LogP contribution >= 0.6 is 0 Å². The molecular weight excluding hydrogens is 220 g/mol. The van der Waals surface area contributed by atoms with E-state index in [-0.39, 0.29) is 19.2 Å². The van der Waals surface area contributed by atoms with Gasteiger partial charge in [0.05, 0.1) is 12.0 Å². The van der Waals surface area contributed by atoms with Crippen LogP contribution in [0, 0.1) is 5.41 Å². The summed E-state index contributed by atoms with van der Waals surface area (Å²) in [7, 11) is 0. The van der Waals surface area contributed by atoms with Gasteiger partial charge < -0.3 is 14.6 Å². The van der Waals surface area contributed by atoms with Gasteiger partial charge in [-0.3, -0.25) is 4.79 Å². The standard InChI is InChI=1S/C13H14O4/c14-7-13(4-1-5-13)12(15)9-2-3-10-11(6-9)17-8-16-10/h2-3,6,14H,1,4-5,7-8H2. The number of carbonyl (C=O) groups is 1. The van der Waals surface area contributed by atoms with Crippen LogP contribution in [0.5, 0.6) is 11.5 Å². The highest BCUT2D eigenvalue weighted by atomic mass is 16.7. The number of carbonyl (C=O) groups excluding carboxylic acids is 1. The number of ether oxygens (including phenoxy) is 2. The number of fused-ring (bicyclic) bond motifs is 1. The summed E-state index contributed by atoms with van der Waals surface area (Å²) in [6, 6.07) is 5.20. The summed E-state index contributed by atoms with van der Waals surface area (Å²) >= 11 is 0. The van der Waals surface area contributed by atoms with Crippen LogP contribution in [0.15, 0.2) is 18.2 Å². The number of benzene rings is 1. The minimum Gasteiger partial charge on any atom is -0.454 e. The lowest BCUT2D eigenvalue weighted by Gasteiger charge is -2.38. The Kier molecular flexibility index (Phi) is 2.33. The van der Waals surface area contributed by atoms with E-state index in [1.807, 2.05) is 0 Å². The first kappa shape index (κ1) is 10.6. The molecule has 0 spiro atoms. The zero-order valence-corrected chi connectivity index (χ0v) is 9.44. The Labute approximate surface area is 99.2 Å². The summed E-state index contributed by atoms with van der Waals surface area (Å²) in [6.45, 7) is 0.137. The summed E-state index contributed by atoms with van der Waals surface area (Å²) in [5.74, 6) is 1.31. The third-order valence-electron chi connectivity index (χ3n) is 3.73. The maximum atomic E-state index is 12.3. The van der Waals surface area contributed by atoms with Crippen LogP contribution < -0.4 is 9.47 Å². The van der Waals surface area contributed by atoms with Crippen molar-refractivity contribution in [3.05, 3.63) is 23.8 Å². The molecule has 0 bridgehead atoms. The Hall–Kier alpha value is -1.55. The molecule has 4 nitrogen and oxygen atoms in total. The van der Waals surface area contributed by atoms with E-state index in [4.69, 9.17) is 9.47 Å². The van der Waals surface area contributed by atoms with E-state index in [9.17, 15) is 9.90 Å². The molecule has 0 radical (unpaired) electrons. The highest BCUT2D eigenvalue weighted by molar-refractivity contribution is 6.01. The highest BCUT2D eigenvalue weighted by Crippen LogP contribution is 2.44. The van der Waals surface area contributed by atoms with Crippen LogP contribution in [0.4, 0.5) is 0 Å². The summed E-state index contributed by atoms with van der Waals surface area (Å²) in [4.78, 5) is 12.3. The largest absolute Gasteiger partial charge is 0.454 e. The molecule has 17 heavy (non-hydrogen) atoms. The van der Waals surface area contributed by atoms with Crippen molar-refractivity contribution in [2.45, 2.75) is 19.3 Å². The van der Waals surface area contributed by atoms with Gasteiger partial charge in [-0.15, -0.1) is 0 Å². The van der Waals surface area contributed by atoms with E-state index in [1.165, 1.54) is 0 Å². The second-order valence-corrected chi connectivity index (χ2v) is 4.69. The fourth-order valence-corrected chi connectivity index (χ4v) is 2.40. The lowest BCUT2D eigenvalue weighted by Crippen LogP contribution is -2.41. The Morgan fingerprint density at radius 3 is 2.71 bits per heavy atom. The van der Waals surface area contributed by atoms with Crippen molar-refractivity contribution >= 4 is 5.78 Å². The van der Waals surface area contributed by atoms with Crippen molar-refractivity contribution in [2.24, 2.45) is 5.41 Å². The summed E-state index contributed by atoms with van der Waals surface area (Å²) in [5, 5.41) is 9.38. The molecule has 2 aliphatic rings. The van der Waals surface area contributed by atoms with E-state index in [1.54, 1.807) is 18.2 Å². The van der Waals surface area contributed by atoms with E-state index in [0.717, 1.165) is 19.3 Å². The van der Waals surface area contributed by atoms with Crippen LogP contribution in [0.2, 0.25) is 0 Å². The van der Waals surface area contributed by atoms with Crippen molar-refractivity contribution in [3.8, 4) is 11.5 Å². The molecule has 0 atom stereocenters. The van der Waals surface area contributed by atoms with Crippen molar-refractivity contribution in [2.75, 3.05) is 13.4 Å². The Bertz CT molecular complexity index is 457. The number of aliphatic hydroxyl groups excluding tert-OH is 1. The molecular formula is C13H14O4. The number of ketones is 1. The molecule has 3 rings (SSSR count). The fraction of sp³-hybridized carbons (Fsp3) is 0.462. The molecule has 1 aliphatic carbocycles. The summed E-state index contributed by atoms with van der Waals surface area (Å²) < 4.78 is 10.5. The van der Waals surface area contributed by atoms with Crippen molar-refractivity contribution in [3.63, 3.8) is 0 Å². The molecule has 1 aliphatic heterocycles. The maximum absolute atomic E-state index is 12.3. The average molecular weight is 234 g/mol. The molecule has 1 aromatic rings. The molecule has 90 valence electrons. The van der Waals surface area contributed by atoms with Crippen LogP contribution in [0.25, 0.3) is 0 Å². The minimum absolute atomic E-state index is 0.0181. The van der Waals surface area contributed by atoms with Crippen LogP contribution in [-0.2, 0) is 0 Å². The fourth-order valence-electron chi connectivity index (χ4n) is 2.40. The van der Waals surface area contributed by atoms with Gasteiger partial charge in [-0.2, -0.15) is 0 Å². The SMILES string of the molecule is O=C(c1ccc2c(c1)OCO2)C1(CO)CCC1. The molecule has 0 aromatic heterocycles. The summed E-state index contributed by atoms with van der Waals surface area (Å²) in [5.41, 5.74) is 0.0521. The Balaban J connectivity index is 1.91. The van der Waals surface area contributed by atoms with Gasteiger partial charge in [-0.25, -0.2) is 0 Å². The second-order valence-electron chi connectivity index (χ2n) is 4.69. The number of hydrogen-bond donors (Lipinski definition) is 1. The first-order chi connectivity index (χ1) is 8.25. The number of aliphatic hydroxyl groups is 1. The van der Waals surface area contributed by atoms with Gasteiger partial charge in [0.25, 0.3) is 0 Å². The number of Topliss-reactive ketones (excluding diaryl/α,β-unsaturated/α-hetero) is 1. The van der Waals surface area contributed by atoms with E-state index < -0.39 is 5.41 Å². The molecule has 1 fully saturated rings. The van der Waals surface area contributed by atoms with E-state index in [2.05, 4.69) is 0 Å². The van der Waals surface area contributed by atoms with E-state index >= 15 is 0 Å². The Morgan fingerprint density at radius 2 is 2.06 bits per heavy atom. The smallest absolute Gasteiger partial charge is 0.231 e. The van der Waals surface area contributed by atoms with Crippen LogP contribution in [0.1, 0.15) is 29.6 Å².